The van der Waals surface area contributed by atoms with E-state index in [1.165, 1.54) is 0 Å². The van der Waals surface area contributed by atoms with Crippen LogP contribution in [-0.4, -0.2) is 26.6 Å². The maximum absolute atomic E-state index is 12.2. The molecule has 0 saturated heterocycles. The molecule has 0 heterocycles. The van der Waals surface area contributed by atoms with Gasteiger partial charge in [-0.1, -0.05) is 0 Å². The molecule has 1 aromatic carbocycles. The van der Waals surface area contributed by atoms with Gasteiger partial charge in [-0.05, 0) is 31.0 Å². The number of benzene rings is 1. The van der Waals surface area contributed by atoms with Crippen molar-refractivity contribution in [1.82, 2.24) is 0 Å². The van der Waals surface area contributed by atoms with Crippen molar-refractivity contribution in [3.8, 4) is 11.5 Å². The maximum Gasteiger partial charge on any atom is 0.166 e. The Morgan fingerprint density at radius 2 is 1.80 bits per heavy atom. The molecule has 1 atom stereocenters. The number of hydrogen-bond acceptors (Lipinski definition) is 4. The van der Waals surface area contributed by atoms with Crippen LogP contribution in [0.5, 0.6) is 11.5 Å². The molecule has 0 amide bonds. The number of carbonyl (C=O) groups excluding carboxylic acids is 1. The molecule has 2 rings (SSSR count). The van der Waals surface area contributed by atoms with Gasteiger partial charge in [-0.15, -0.1) is 0 Å². The van der Waals surface area contributed by atoms with Gasteiger partial charge in [-0.25, -0.2) is 0 Å². The van der Waals surface area contributed by atoms with Crippen LogP contribution < -0.4 is 9.47 Å². The van der Waals surface area contributed by atoms with Crippen molar-refractivity contribution in [2.45, 2.75) is 25.7 Å². The molecule has 0 spiro atoms. The molecule has 4 heteroatoms. The minimum Gasteiger partial charge on any atom is -0.498 e. The normalized spacial score (nSPS) is 18.4. The van der Waals surface area contributed by atoms with Crippen LogP contribution in [0.2, 0.25) is 0 Å². The summed E-state index contributed by atoms with van der Waals surface area (Å²) >= 11 is 0. The average Bonchev–Trinajstić information content (AvgIpc) is 2.47. The molecule has 108 valence electrons. The van der Waals surface area contributed by atoms with Gasteiger partial charge in [-0.2, -0.15) is 0 Å². The fourth-order valence-corrected chi connectivity index (χ4v) is 2.42. The average molecular weight is 276 g/mol. The minimum atomic E-state index is -0.150. The lowest BCUT2D eigenvalue weighted by Crippen LogP contribution is -2.17. The molecule has 20 heavy (non-hydrogen) atoms. The Hall–Kier alpha value is -1.97. The standard InChI is InChI=1S/C16H20O4/c1-4-20-12-5-6-15(16(17)10-12)11-7-13(18-2)9-14(8-11)19-3/h7-10,15H,4-6H2,1-3H3. The highest BCUT2D eigenvalue weighted by Gasteiger charge is 2.25. The summed E-state index contributed by atoms with van der Waals surface area (Å²) in [4.78, 5) is 12.2. The number of allylic oxidation sites excluding steroid dienone is 2. The quantitative estimate of drug-likeness (QED) is 0.829. The third kappa shape index (κ3) is 3.13. The molecular weight excluding hydrogens is 256 g/mol. The van der Waals surface area contributed by atoms with Crippen molar-refractivity contribution in [2.75, 3.05) is 20.8 Å². The Morgan fingerprint density at radius 3 is 2.30 bits per heavy atom. The van der Waals surface area contributed by atoms with Crippen LogP contribution in [0.15, 0.2) is 30.0 Å². The number of ether oxygens (including phenoxy) is 3. The van der Waals surface area contributed by atoms with Gasteiger partial charge in [0.2, 0.25) is 0 Å². The van der Waals surface area contributed by atoms with Gasteiger partial charge >= 0.3 is 0 Å². The molecule has 0 aromatic heterocycles. The lowest BCUT2D eigenvalue weighted by atomic mass is 9.86. The fourth-order valence-electron chi connectivity index (χ4n) is 2.42. The van der Waals surface area contributed by atoms with E-state index < -0.39 is 0 Å². The first kappa shape index (κ1) is 14.4. The predicted molar refractivity (Wildman–Crippen MR) is 76.2 cm³/mol. The van der Waals surface area contributed by atoms with E-state index >= 15 is 0 Å². The summed E-state index contributed by atoms with van der Waals surface area (Å²) in [7, 11) is 3.21. The second-order valence-corrected chi connectivity index (χ2v) is 4.68. The van der Waals surface area contributed by atoms with E-state index in [4.69, 9.17) is 14.2 Å². The fraction of sp³-hybridized carbons (Fsp3) is 0.438. The molecule has 0 saturated carbocycles. The van der Waals surface area contributed by atoms with E-state index in [2.05, 4.69) is 0 Å². The predicted octanol–water partition coefficient (Wildman–Crippen LogP) is 3.07. The Labute approximate surface area is 119 Å². The van der Waals surface area contributed by atoms with E-state index in [1.54, 1.807) is 26.4 Å². The van der Waals surface area contributed by atoms with Gasteiger partial charge < -0.3 is 14.2 Å². The Balaban J connectivity index is 2.26. The van der Waals surface area contributed by atoms with Crippen molar-refractivity contribution in [3.63, 3.8) is 0 Å². The largest absolute Gasteiger partial charge is 0.498 e. The van der Waals surface area contributed by atoms with Crippen LogP contribution in [-0.2, 0) is 9.53 Å². The molecule has 0 bridgehead atoms. The van der Waals surface area contributed by atoms with E-state index in [1.807, 2.05) is 19.1 Å². The van der Waals surface area contributed by atoms with Crippen LogP contribution in [0.4, 0.5) is 0 Å². The number of methoxy groups -OCH3 is 2. The van der Waals surface area contributed by atoms with Crippen molar-refractivity contribution in [2.24, 2.45) is 0 Å². The zero-order valence-electron chi connectivity index (χ0n) is 12.1. The van der Waals surface area contributed by atoms with Crippen molar-refractivity contribution >= 4 is 5.78 Å². The van der Waals surface area contributed by atoms with E-state index in [-0.39, 0.29) is 11.7 Å². The number of rotatable bonds is 5. The topological polar surface area (TPSA) is 44.8 Å². The van der Waals surface area contributed by atoms with Crippen molar-refractivity contribution < 1.29 is 19.0 Å². The summed E-state index contributed by atoms with van der Waals surface area (Å²) in [5.74, 6) is 2.11. The molecule has 0 aliphatic heterocycles. The summed E-state index contributed by atoms with van der Waals surface area (Å²) in [5.41, 5.74) is 0.929. The van der Waals surface area contributed by atoms with E-state index in [9.17, 15) is 4.79 Å². The first-order valence-electron chi connectivity index (χ1n) is 6.78. The molecule has 4 nitrogen and oxygen atoms in total. The summed E-state index contributed by atoms with van der Waals surface area (Å²) in [6.45, 7) is 2.51. The van der Waals surface area contributed by atoms with Crippen LogP contribution in [0.3, 0.4) is 0 Å². The lowest BCUT2D eigenvalue weighted by Gasteiger charge is -2.22. The van der Waals surface area contributed by atoms with Gasteiger partial charge in [-0.3, -0.25) is 4.79 Å². The van der Waals surface area contributed by atoms with Crippen LogP contribution in [0.1, 0.15) is 31.2 Å². The highest BCUT2D eigenvalue weighted by Crippen LogP contribution is 2.34. The zero-order chi connectivity index (χ0) is 14.5. The number of hydrogen-bond donors (Lipinski definition) is 0. The smallest absolute Gasteiger partial charge is 0.166 e. The number of ketones is 1. The lowest BCUT2D eigenvalue weighted by molar-refractivity contribution is -0.116. The first-order valence-corrected chi connectivity index (χ1v) is 6.78. The van der Waals surface area contributed by atoms with Gasteiger partial charge in [0.25, 0.3) is 0 Å². The zero-order valence-corrected chi connectivity index (χ0v) is 12.1. The molecule has 1 aliphatic carbocycles. The second-order valence-electron chi connectivity index (χ2n) is 4.68. The SMILES string of the molecule is CCOC1=CC(=O)C(c2cc(OC)cc(OC)c2)CC1. The molecule has 1 unspecified atom stereocenters. The van der Waals surface area contributed by atoms with Gasteiger partial charge in [0.1, 0.15) is 11.5 Å². The highest BCUT2D eigenvalue weighted by molar-refractivity contribution is 5.96. The van der Waals surface area contributed by atoms with Gasteiger partial charge in [0.15, 0.2) is 5.78 Å². The molecule has 1 aliphatic rings. The Kier molecular flexibility index (Phi) is 4.66. The van der Waals surface area contributed by atoms with Crippen LogP contribution in [0.25, 0.3) is 0 Å². The summed E-state index contributed by atoms with van der Waals surface area (Å²) < 4.78 is 15.9. The highest BCUT2D eigenvalue weighted by atomic mass is 16.5. The molecule has 0 N–H and O–H groups in total. The van der Waals surface area contributed by atoms with Gasteiger partial charge in [0.05, 0.1) is 26.6 Å². The Morgan fingerprint density at radius 1 is 1.15 bits per heavy atom. The van der Waals surface area contributed by atoms with Crippen molar-refractivity contribution in [3.05, 3.63) is 35.6 Å². The second kappa shape index (κ2) is 6.46. The van der Waals surface area contributed by atoms with E-state index in [0.717, 1.165) is 24.2 Å². The monoisotopic (exact) mass is 276 g/mol. The molecule has 0 radical (unpaired) electrons. The van der Waals surface area contributed by atoms with Crippen LogP contribution in [0, 0.1) is 0 Å². The Bertz CT molecular complexity index is 497. The molecule has 0 fully saturated rings. The molecule has 1 aromatic rings. The number of carbonyl (C=O) groups is 1. The first-order chi connectivity index (χ1) is 9.67. The third-order valence-electron chi connectivity index (χ3n) is 3.43. The van der Waals surface area contributed by atoms with E-state index in [0.29, 0.717) is 18.1 Å². The summed E-state index contributed by atoms with van der Waals surface area (Å²) in [5, 5.41) is 0. The third-order valence-corrected chi connectivity index (χ3v) is 3.43. The summed E-state index contributed by atoms with van der Waals surface area (Å²) in [6.07, 6.45) is 3.15. The van der Waals surface area contributed by atoms with Crippen molar-refractivity contribution in [1.29, 1.82) is 0 Å². The van der Waals surface area contributed by atoms with Crippen LogP contribution >= 0.6 is 0 Å². The maximum atomic E-state index is 12.2. The minimum absolute atomic E-state index is 0.0787. The summed E-state index contributed by atoms with van der Waals surface area (Å²) in [6, 6.07) is 5.59. The van der Waals surface area contributed by atoms with Gasteiger partial charge in [0, 0.05) is 24.5 Å². The molecular formula is C16H20O4.